The molecule has 0 bridgehead atoms. The minimum absolute atomic E-state index is 0.132. The van der Waals surface area contributed by atoms with Crippen molar-refractivity contribution in [1.29, 1.82) is 0 Å². The molecule has 0 fully saturated rings. The molecule has 6 nitrogen and oxygen atoms in total. The molecule has 0 saturated carbocycles. The van der Waals surface area contributed by atoms with Crippen molar-refractivity contribution in [2.24, 2.45) is 0 Å². The molecule has 2 aromatic rings. The Morgan fingerprint density at radius 2 is 1.77 bits per heavy atom. The lowest BCUT2D eigenvalue weighted by Crippen LogP contribution is -2.31. The Morgan fingerprint density at radius 3 is 2.41 bits per heavy atom. The van der Waals surface area contributed by atoms with Crippen LogP contribution in [0.3, 0.4) is 0 Å². The first-order valence-corrected chi connectivity index (χ1v) is 8.20. The predicted octanol–water partition coefficient (Wildman–Crippen LogP) is 0.324. The Hall–Kier alpha value is -2.12. The van der Waals surface area contributed by atoms with Gasteiger partial charge in [-0.1, -0.05) is 24.3 Å². The monoisotopic (exact) mass is 321 g/mol. The van der Waals surface area contributed by atoms with E-state index in [-0.39, 0.29) is 17.9 Å². The molecule has 0 aliphatic carbocycles. The van der Waals surface area contributed by atoms with Crippen LogP contribution in [0.5, 0.6) is 0 Å². The molecule has 0 aliphatic rings. The second-order valence-corrected chi connectivity index (χ2v) is 6.78. The summed E-state index contributed by atoms with van der Waals surface area (Å²) in [7, 11) is -0.0186. The lowest BCUT2D eigenvalue weighted by molar-refractivity contribution is -0.305. The van der Waals surface area contributed by atoms with Crippen LogP contribution >= 0.6 is 0 Å². The fourth-order valence-electron chi connectivity index (χ4n) is 2.25. The number of carbonyl (C=O) groups is 1. The van der Waals surface area contributed by atoms with Crippen LogP contribution in [0.4, 0.5) is 5.69 Å². The molecule has 7 heteroatoms. The maximum Gasteiger partial charge on any atom is 0.241 e. The number of aliphatic carboxylic acids is 1. The van der Waals surface area contributed by atoms with Gasteiger partial charge in [0.25, 0.3) is 0 Å². The molecule has 0 spiro atoms. The molecule has 0 atom stereocenters. The Balaban J connectivity index is 2.47. The fourth-order valence-corrected chi connectivity index (χ4v) is 3.51. The van der Waals surface area contributed by atoms with E-state index in [2.05, 4.69) is 4.72 Å². The average Bonchev–Trinajstić information content (AvgIpc) is 2.45. The number of nitrogens with zero attached hydrogens (tertiary/aromatic N) is 1. The van der Waals surface area contributed by atoms with E-state index in [1.54, 1.807) is 18.2 Å². The maximum absolute atomic E-state index is 12.4. The van der Waals surface area contributed by atoms with Gasteiger partial charge in [0.1, 0.15) is 0 Å². The van der Waals surface area contributed by atoms with Gasteiger partial charge in [-0.2, -0.15) is 0 Å². The third-order valence-electron chi connectivity index (χ3n) is 3.25. The highest BCUT2D eigenvalue weighted by molar-refractivity contribution is 7.89. The van der Waals surface area contributed by atoms with Gasteiger partial charge in [0, 0.05) is 49.5 Å². The van der Waals surface area contributed by atoms with E-state index in [0.717, 1.165) is 11.1 Å². The molecule has 2 rings (SSSR count). The first-order chi connectivity index (χ1) is 10.3. The zero-order valence-corrected chi connectivity index (χ0v) is 13.2. The zero-order chi connectivity index (χ0) is 16.3. The van der Waals surface area contributed by atoms with Crippen LogP contribution in [0, 0.1) is 0 Å². The molecule has 2 aromatic carbocycles. The lowest BCUT2D eigenvalue weighted by Gasteiger charge is -2.17. The third kappa shape index (κ3) is 3.37. The first kappa shape index (κ1) is 16.3. The fraction of sp³-hybridized carbons (Fsp3) is 0.267. The van der Waals surface area contributed by atoms with Crippen LogP contribution in [0.25, 0.3) is 10.8 Å². The number of benzene rings is 2. The quantitative estimate of drug-likeness (QED) is 0.828. The Labute approximate surface area is 129 Å². The van der Waals surface area contributed by atoms with Crippen LogP contribution < -0.4 is 14.7 Å². The molecular weight excluding hydrogens is 304 g/mol. The van der Waals surface area contributed by atoms with Crippen molar-refractivity contribution in [3.8, 4) is 0 Å². The standard InChI is InChI=1S/C15H18N2O4S/c1-17(2)13-7-3-6-12-11(13)5-4-8-14(12)22(20,21)16-10-9-15(18)19/h3-8,16H,9-10H2,1-2H3,(H,18,19)/p-1. The van der Waals surface area contributed by atoms with E-state index in [1.807, 2.05) is 31.1 Å². The van der Waals surface area contributed by atoms with Crippen molar-refractivity contribution in [3.63, 3.8) is 0 Å². The van der Waals surface area contributed by atoms with Gasteiger partial charge >= 0.3 is 0 Å². The summed E-state index contributed by atoms with van der Waals surface area (Å²) in [4.78, 5) is 12.4. The van der Waals surface area contributed by atoms with Gasteiger partial charge in [-0.25, -0.2) is 13.1 Å². The van der Waals surface area contributed by atoms with Gasteiger partial charge < -0.3 is 14.8 Å². The van der Waals surface area contributed by atoms with Gasteiger partial charge in [0.15, 0.2) is 0 Å². The molecule has 1 N–H and O–H groups in total. The number of carbonyl (C=O) groups excluding carboxylic acids is 1. The first-order valence-electron chi connectivity index (χ1n) is 6.71. The summed E-state index contributed by atoms with van der Waals surface area (Å²) in [6.45, 7) is -0.200. The molecule has 0 unspecified atom stereocenters. The summed E-state index contributed by atoms with van der Waals surface area (Å²) < 4.78 is 27.0. The Morgan fingerprint density at radius 1 is 1.14 bits per heavy atom. The van der Waals surface area contributed by atoms with Gasteiger partial charge in [0.2, 0.25) is 10.0 Å². The third-order valence-corrected chi connectivity index (χ3v) is 4.77. The minimum Gasteiger partial charge on any atom is -0.550 e. The van der Waals surface area contributed by atoms with E-state index in [1.165, 1.54) is 6.07 Å². The topological polar surface area (TPSA) is 89.5 Å². The van der Waals surface area contributed by atoms with E-state index in [4.69, 9.17) is 0 Å². The second-order valence-electron chi connectivity index (χ2n) is 5.04. The van der Waals surface area contributed by atoms with Gasteiger partial charge in [-0.3, -0.25) is 0 Å². The maximum atomic E-state index is 12.4. The van der Waals surface area contributed by atoms with Crippen LogP contribution in [-0.4, -0.2) is 35.0 Å². The summed E-state index contributed by atoms with van der Waals surface area (Å²) in [6, 6.07) is 10.5. The summed E-state index contributed by atoms with van der Waals surface area (Å²) in [6.07, 6.45) is -0.368. The van der Waals surface area contributed by atoms with Crippen molar-refractivity contribution in [2.45, 2.75) is 11.3 Å². The highest BCUT2D eigenvalue weighted by Gasteiger charge is 2.17. The largest absolute Gasteiger partial charge is 0.550 e. The van der Waals surface area contributed by atoms with Crippen molar-refractivity contribution in [1.82, 2.24) is 4.72 Å². The normalized spacial score (nSPS) is 11.5. The molecule has 0 saturated heterocycles. The van der Waals surface area contributed by atoms with Crippen molar-refractivity contribution in [2.75, 3.05) is 25.5 Å². The molecule has 0 amide bonds. The second kappa shape index (κ2) is 6.33. The van der Waals surface area contributed by atoms with Gasteiger partial charge in [-0.05, 0) is 12.1 Å². The van der Waals surface area contributed by atoms with Crippen LogP contribution in [0.15, 0.2) is 41.3 Å². The number of fused-ring (bicyclic) bond motifs is 1. The van der Waals surface area contributed by atoms with Crippen molar-refractivity contribution in [3.05, 3.63) is 36.4 Å². The lowest BCUT2D eigenvalue weighted by atomic mass is 10.1. The average molecular weight is 321 g/mol. The van der Waals surface area contributed by atoms with Crippen molar-refractivity contribution >= 4 is 32.5 Å². The number of carboxylic acids is 1. The molecular formula is C15H17N2O4S-. The SMILES string of the molecule is CN(C)c1cccc2c(S(=O)(=O)NCCC(=O)[O-])cccc12. The molecule has 22 heavy (non-hydrogen) atoms. The summed E-state index contributed by atoms with van der Waals surface area (Å²) in [5.41, 5.74) is 0.907. The molecule has 0 radical (unpaired) electrons. The highest BCUT2D eigenvalue weighted by Crippen LogP contribution is 2.29. The smallest absolute Gasteiger partial charge is 0.241 e. The van der Waals surface area contributed by atoms with Crippen LogP contribution in [0.1, 0.15) is 6.42 Å². The summed E-state index contributed by atoms with van der Waals surface area (Å²) >= 11 is 0. The summed E-state index contributed by atoms with van der Waals surface area (Å²) in [5, 5.41) is 11.8. The van der Waals surface area contributed by atoms with Gasteiger partial charge in [-0.15, -0.1) is 0 Å². The molecule has 118 valence electrons. The predicted molar refractivity (Wildman–Crippen MR) is 83.1 cm³/mol. The van der Waals surface area contributed by atoms with Crippen LogP contribution in [-0.2, 0) is 14.8 Å². The summed E-state index contributed by atoms with van der Waals surface area (Å²) in [5.74, 6) is -1.30. The number of rotatable bonds is 6. The highest BCUT2D eigenvalue weighted by atomic mass is 32.2. The number of carboxylic acid groups (broad SMARTS) is 1. The number of hydrogen-bond donors (Lipinski definition) is 1. The number of anilines is 1. The number of hydrogen-bond acceptors (Lipinski definition) is 5. The van der Waals surface area contributed by atoms with E-state index >= 15 is 0 Å². The van der Waals surface area contributed by atoms with Crippen LogP contribution in [0.2, 0.25) is 0 Å². The molecule has 0 heterocycles. The van der Waals surface area contributed by atoms with E-state index in [0.29, 0.717) is 5.39 Å². The van der Waals surface area contributed by atoms with Gasteiger partial charge in [0.05, 0.1) is 4.90 Å². The molecule has 0 aliphatic heterocycles. The molecule has 0 aromatic heterocycles. The zero-order valence-electron chi connectivity index (χ0n) is 12.4. The Kier molecular flexibility index (Phi) is 4.68. The minimum atomic E-state index is -3.78. The number of sulfonamides is 1. The van der Waals surface area contributed by atoms with E-state index < -0.39 is 16.0 Å². The van der Waals surface area contributed by atoms with Crippen molar-refractivity contribution < 1.29 is 18.3 Å². The Bertz CT molecular complexity index is 800. The van der Waals surface area contributed by atoms with E-state index in [9.17, 15) is 18.3 Å². The number of nitrogens with one attached hydrogen (secondary N) is 1.